The molecule has 13 heavy (non-hydrogen) atoms. The van der Waals surface area contributed by atoms with Gasteiger partial charge < -0.3 is 10.4 Å². The van der Waals surface area contributed by atoms with E-state index in [1.807, 2.05) is 0 Å². The van der Waals surface area contributed by atoms with Gasteiger partial charge in [0, 0.05) is 6.54 Å². The highest BCUT2D eigenvalue weighted by molar-refractivity contribution is 6.32. The first-order chi connectivity index (χ1) is 6.24. The Morgan fingerprint density at radius 1 is 1.54 bits per heavy atom. The highest BCUT2D eigenvalue weighted by Crippen LogP contribution is 2.23. The number of hydrogen-bond donors (Lipinski definition) is 2. The van der Waals surface area contributed by atoms with E-state index >= 15 is 0 Å². The summed E-state index contributed by atoms with van der Waals surface area (Å²) < 4.78 is 0. The first kappa shape index (κ1) is 9.91. The fourth-order valence-corrected chi connectivity index (χ4v) is 1.14. The van der Waals surface area contributed by atoms with Crippen molar-refractivity contribution >= 4 is 11.6 Å². The fourth-order valence-electron chi connectivity index (χ4n) is 0.939. The number of halogens is 1. The molecule has 0 aliphatic carbocycles. The zero-order valence-electron chi connectivity index (χ0n) is 7.05. The van der Waals surface area contributed by atoms with Crippen molar-refractivity contribution in [2.45, 2.75) is 6.54 Å². The first-order valence-corrected chi connectivity index (χ1v) is 4.23. The maximum Gasteiger partial charge on any atom is 0.134 e. The third-order valence-corrected chi connectivity index (χ3v) is 1.87. The van der Waals surface area contributed by atoms with Gasteiger partial charge in [-0.3, -0.25) is 0 Å². The average molecular weight is 196 g/mol. The van der Waals surface area contributed by atoms with Crippen LogP contribution in [0.5, 0.6) is 5.75 Å². The van der Waals surface area contributed by atoms with Gasteiger partial charge in [-0.2, -0.15) is 0 Å². The van der Waals surface area contributed by atoms with Gasteiger partial charge >= 0.3 is 0 Å². The van der Waals surface area contributed by atoms with Gasteiger partial charge in [-0.05, 0) is 17.7 Å². The zero-order chi connectivity index (χ0) is 9.68. The van der Waals surface area contributed by atoms with E-state index in [-0.39, 0.29) is 5.75 Å². The number of nitrogens with one attached hydrogen (secondary N) is 1. The van der Waals surface area contributed by atoms with E-state index in [0.717, 1.165) is 5.56 Å². The monoisotopic (exact) mass is 195 g/mol. The van der Waals surface area contributed by atoms with Crippen molar-refractivity contribution in [2.75, 3.05) is 6.54 Å². The van der Waals surface area contributed by atoms with Gasteiger partial charge in [0.1, 0.15) is 5.75 Å². The Labute approximate surface area is 82.5 Å². The molecule has 0 aliphatic heterocycles. The standard InChI is InChI=1S/C10H10ClNO/c1-2-5-12-7-8-3-4-10(13)9(11)6-8/h1,3-4,6,12-13H,5,7H2. The van der Waals surface area contributed by atoms with Crippen molar-refractivity contribution in [3.8, 4) is 18.1 Å². The molecule has 0 amide bonds. The predicted octanol–water partition coefficient (Wildman–Crippen LogP) is 1.77. The second-order valence-corrected chi connectivity index (χ2v) is 3.00. The average Bonchev–Trinajstić information content (AvgIpc) is 2.12. The van der Waals surface area contributed by atoms with Crippen molar-refractivity contribution < 1.29 is 5.11 Å². The predicted molar refractivity (Wildman–Crippen MR) is 53.7 cm³/mol. The molecule has 68 valence electrons. The molecule has 0 aliphatic rings. The minimum absolute atomic E-state index is 0.0994. The number of terminal acetylenes is 1. The molecule has 0 fully saturated rings. The van der Waals surface area contributed by atoms with Gasteiger partial charge in [0.05, 0.1) is 11.6 Å². The van der Waals surface area contributed by atoms with Crippen molar-refractivity contribution in [3.63, 3.8) is 0 Å². The molecule has 0 heterocycles. The van der Waals surface area contributed by atoms with Crippen molar-refractivity contribution in [3.05, 3.63) is 28.8 Å². The molecule has 0 atom stereocenters. The zero-order valence-corrected chi connectivity index (χ0v) is 7.80. The molecule has 0 bridgehead atoms. The van der Waals surface area contributed by atoms with E-state index in [9.17, 15) is 0 Å². The van der Waals surface area contributed by atoms with Crippen LogP contribution in [0.1, 0.15) is 5.56 Å². The SMILES string of the molecule is C#CCNCc1ccc(O)c(Cl)c1. The molecular formula is C10H10ClNO. The van der Waals surface area contributed by atoms with Gasteiger partial charge in [-0.1, -0.05) is 23.6 Å². The van der Waals surface area contributed by atoms with Crippen LogP contribution >= 0.6 is 11.6 Å². The van der Waals surface area contributed by atoms with Crippen molar-refractivity contribution in [1.29, 1.82) is 0 Å². The molecule has 0 aromatic heterocycles. The lowest BCUT2D eigenvalue weighted by Crippen LogP contribution is -2.12. The van der Waals surface area contributed by atoms with Crippen LogP contribution in [0.3, 0.4) is 0 Å². The van der Waals surface area contributed by atoms with E-state index < -0.39 is 0 Å². The van der Waals surface area contributed by atoms with E-state index in [1.54, 1.807) is 18.2 Å². The van der Waals surface area contributed by atoms with Crippen molar-refractivity contribution in [1.82, 2.24) is 5.32 Å². The third-order valence-electron chi connectivity index (χ3n) is 1.57. The van der Waals surface area contributed by atoms with Crippen LogP contribution in [0.15, 0.2) is 18.2 Å². The molecule has 1 aromatic carbocycles. The van der Waals surface area contributed by atoms with Crippen LogP contribution in [-0.4, -0.2) is 11.7 Å². The lowest BCUT2D eigenvalue weighted by Gasteiger charge is -2.02. The molecule has 1 aromatic rings. The van der Waals surface area contributed by atoms with Crippen LogP contribution < -0.4 is 5.32 Å². The summed E-state index contributed by atoms with van der Waals surface area (Å²) in [6.45, 7) is 1.18. The summed E-state index contributed by atoms with van der Waals surface area (Å²) in [5.41, 5.74) is 0.998. The molecule has 0 saturated carbocycles. The maximum absolute atomic E-state index is 9.13. The lowest BCUT2D eigenvalue weighted by molar-refractivity contribution is 0.475. The highest BCUT2D eigenvalue weighted by atomic mass is 35.5. The lowest BCUT2D eigenvalue weighted by atomic mass is 10.2. The summed E-state index contributed by atoms with van der Waals surface area (Å²) in [5, 5.41) is 12.5. The van der Waals surface area contributed by atoms with Crippen LogP contribution in [-0.2, 0) is 6.54 Å². The number of phenolic OH excluding ortho intramolecular Hbond substituents is 1. The normalized spacial score (nSPS) is 9.54. The Hall–Kier alpha value is -1.17. The topological polar surface area (TPSA) is 32.3 Å². The molecule has 0 saturated heterocycles. The van der Waals surface area contributed by atoms with E-state index in [0.29, 0.717) is 18.1 Å². The van der Waals surface area contributed by atoms with E-state index in [4.69, 9.17) is 23.1 Å². The number of benzene rings is 1. The number of phenols is 1. The Bertz CT molecular complexity index is 330. The Morgan fingerprint density at radius 2 is 2.31 bits per heavy atom. The molecule has 2 N–H and O–H groups in total. The summed E-state index contributed by atoms with van der Waals surface area (Å²) in [7, 11) is 0. The number of hydrogen-bond acceptors (Lipinski definition) is 2. The second-order valence-electron chi connectivity index (χ2n) is 2.59. The number of aromatic hydroxyl groups is 1. The largest absolute Gasteiger partial charge is 0.506 e. The van der Waals surface area contributed by atoms with Crippen LogP contribution in [0.25, 0.3) is 0 Å². The van der Waals surface area contributed by atoms with Gasteiger partial charge in [-0.15, -0.1) is 6.42 Å². The summed E-state index contributed by atoms with van der Waals surface area (Å²) in [6, 6.07) is 5.07. The van der Waals surface area contributed by atoms with Crippen molar-refractivity contribution in [2.24, 2.45) is 0 Å². The van der Waals surface area contributed by atoms with Gasteiger partial charge in [0.2, 0.25) is 0 Å². The smallest absolute Gasteiger partial charge is 0.134 e. The highest BCUT2D eigenvalue weighted by Gasteiger charge is 1.98. The molecule has 1 rings (SSSR count). The van der Waals surface area contributed by atoms with Gasteiger partial charge in [0.15, 0.2) is 0 Å². The first-order valence-electron chi connectivity index (χ1n) is 3.85. The molecule has 2 nitrogen and oxygen atoms in total. The van der Waals surface area contributed by atoms with Crippen LogP contribution in [0, 0.1) is 12.3 Å². The molecule has 3 heteroatoms. The summed E-state index contributed by atoms with van der Waals surface area (Å²) >= 11 is 5.71. The molecule has 0 spiro atoms. The Balaban J connectivity index is 2.59. The minimum Gasteiger partial charge on any atom is -0.506 e. The quantitative estimate of drug-likeness (QED) is 0.569. The third kappa shape index (κ3) is 2.98. The summed E-state index contributed by atoms with van der Waals surface area (Å²) in [5.74, 6) is 2.57. The minimum atomic E-state index is 0.0994. The van der Waals surface area contributed by atoms with Gasteiger partial charge in [0.25, 0.3) is 0 Å². The molecular weight excluding hydrogens is 186 g/mol. The Morgan fingerprint density at radius 3 is 2.92 bits per heavy atom. The maximum atomic E-state index is 9.13. The molecule has 0 radical (unpaired) electrons. The van der Waals surface area contributed by atoms with Crippen LogP contribution in [0.2, 0.25) is 5.02 Å². The van der Waals surface area contributed by atoms with Gasteiger partial charge in [-0.25, -0.2) is 0 Å². The number of rotatable bonds is 3. The van der Waals surface area contributed by atoms with E-state index in [2.05, 4.69) is 11.2 Å². The second kappa shape index (κ2) is 4.76. The summed E-state index contributed by atoms with van der Waals surface area (Å²) in [4.78, 5) is 0. The fraction of sp³-hybridized carbons (Fsp3) is 0.200. The van der Waals surface area contributed by atoms with Crippen LogP contribution in [0.4, 0.5) is 0 Å². The summed E-state index contributed by atoms with van der Waals surface area (Å²) in [6.07, 6.45) is 5.07. The molecule has 0 unspecified atom stereocenters. The van der Waals surface area contributed by atoms with E-state index in [1.165, 1.54) is 0 Å². The Kier molecular flexibility index (Phi) is 3.63.